The van der Waals surface area contributed by atoms with Gasteiger partial charge in [-0.25, -0.2) is 0 Å². The zero-order chi connectivity index (χ0) is 16.2. The van der Waals surface area contributed by atoms with Crippen molar-refractivity contribution in [2.75, 3.05) is 19.5 Å². The quantitative estimate of drug-likeness (QED) is 0.781. The van der Waals surface area contributed by atoms with Crippen molar-refractivity contribution in [3.63, 3.8) is 0 Å². The Morgan fingerprint density at radius 3 is 2.22 bits per heavy atom. The summed E-state index contributed by atoms with van der Waals surface area (Å²) >= 11 is 3.49. The fraction of sp³-hybridized carbons (Fsp3) is 0.263. The maximum atomic E-state index is 9.59. The zero-order valence-corrected chi connectivity index (χ0v) is 14.7. The summed E-state index contributed by atoms with van der Waals surface area (Å²) in [4.78, 5) is 3.64. The van der Waals surface area contributed by atoms with E-state index in [-0.39, 0.29) is 13.2 Å². The second-order valence-electron chi connectivity index (χ2n) is 5.36. The summed E-state index contributed by atoms with van der Waals surface area (Å²) in [6.07, 6.45) is 3.29. The van der Waals surface area contributed by atoms with E-state index >= 15 is 0 Å². The van der Waals surface area contributed by atoms with Crippen LogP contribution >= 0.6 is 23.5 Å². The molecular formula is C19H20O2S2. The van der Waals surface area contributed by atoms with Crippen LogP contribution in [0.2, 0.25) is 0 Å². The lowest BCUT2D eigenvalue weighted by Gasteiger charge is -2.15. The third-order valence-corrected chi connectivity index (χ3v) is 5.91. The molecule has 1 heterocycles. The van der Waals surface area contributed by atoms with E-state index in [1.54, 1.807) is 23.5 Å². The van der Waals surface area contributed by atoms with E-state index in [1.807, 2.05) is 6.07 Å². The third kappa shape index (κ3) is 3.36. The minimum absolute atomic E-state index is 0.111. The molecule has 1 aliphatic rings. The van der Waals surface area contributed by atoms with Gasteiger partial charge in [-0.15, -0.1) is 11.8 Å². The van der Waals surface area contributed by atoms with Gasteiger partial charge in [0.1, 0.15) is 0 Å². The summed E-state index contributed by atoms with van der Waals surface area (Å²) in [5.74, 6) is 0. The molecule has 0 bridgehead atoms. The first-order valence-electron chi connectivity index (χ1n) is 7.68. The Morgan fingerprint density at radius 1 is 0.870 bits per heavy atom. The molecule has 0 fully saturated rings. The van der Waals surface area contributed by atoms with Crippen LogP contribution in [0.1, 0.15) is 24.0 Å². The highest BCUT2D eigenvalue weighted by Crippen LogP contribution is 2.46. The molecule has 23 heavy (non-hydrogen) atoms. The van der Waals surface area contributed by atoms with Crippen LogP contribution in [0.15, 0.2) is 57.2 Å². The van der Waals surface area contributed by atoms with Crippen LogP contribution in [0.25, 0.3) is 11.1 Å². The molecule has 0 unspecified atom stereocenters. The molecule has 0 spiro atoms. The van der Waals surface area contributed by atoms with Gasteiger partial charge in [0.25, 0.3) is 0 Å². The number of fused-ring (bicyclic) bond motifs is 2. The Hall–Kier alpha value is -1.20. The first-order chi connectivity index (χ1) is 11.3. The topological polar surface area (TPSA) is 40.5 Å². The van der Waals surface area contributed by atoms with Crippen molar-refractivity contribution in [2.24, 2.45) is 0 Å². The van der Waals surface area contributed by atoms with E-state index in [4.69, 9.17) is 0 Å². The molecule has 0 radical (unpaired) electrons. The van der Waals surface area contributed by atoms with Crippen molar-refractivity contribution < 1.29 is 10.2 Å². The Labute approximate surface area is 145 Å². The van der Waals surface area contributed by atoms with Crippen molar-refractivity contribution in [1.82, 2.24) is 0 Å². The minimum atomic E-state index is 0.111. The van der Waals surface area contributed by atoms with E-state index in [0.29, 0.717) is 12.8 Å². The molecular weight excluding hydrogens is 324 g/mol. The van der Waals surface area contributed by atoms with Crippen LogP contribution in [0, 0.1) is 0 Å². The highest BCUT2D eigenvalue weighted by Gasteiger charge is 2.21. The molecule has 2 aromatic carbocycles. The summed E-state index contributed by atoms with van der Waals surface area (Å²) in [6, 6.07) is 14.9. The summed E-state index contributed by atoms with van der Waals surface area (Å²) in [5.41, 5.74) is 4.68. The Kier molecular flexibility index (Phi) is 5.49. The van der Waals surface area contributed by atoms with E-state index in [0.717, 1.165) is 11.1 Å². The largest absolute Gasteiger partial charge is 0.396 e. The maximum absolute atomic E-state index is 9.59. The minimum Gasteiger partial charge on any atom is -0.396 e. The number of rotatable bonds is 5. The van der Waals surface area contributed by atoms with Crippen molar-refractivity contribution in [3.8, 4) is 0 Å². The van der Waals surface area contributed by atoms with Crippen LogP contribution in [-0.4, -0.2) is 29.7 Å². The van der Waals surface area contributed by atoms with Crippen molar-refractivity contribution >= 4 is 34.7 Å². The second-order valence-corrected chi connectivity index (χ2v) is 7.33. The molecule has 3 rings (SSSR count). The SMILES string of the molecule is CSc1ccc2c(c1)C(CCO)=C(CCO)c1ccccc1S2. The Bertz CT molecular complexity index is 738. The number of aliphatic hydroxyl groups excluding tert-OH is 2. The zero-order valence-electron chi connectivity index (χ0n) is 13.1. The smallest absolute Gasteiger partial charge is 0.0471 e. The lowest BCUT2D eigenvalue weighted by Crippen LogP contribution is -1.98. The van der Waals surface area contributed by atoms with Crippen molar-refractivity contribution in [3.05, 3.63) is 53.6 Å². The summed E-state index contributed by atoms with van der Waals surface area (Å²) in [7, 11) is 0. The van der Waals surface area contributed by atoms with Gasteiger partial charge in [-0.1, -0.05) is 30.0 Å². The monoisotopic (exact) mass is 344 g/mol. The van der Waals surface area contributed by atoms with Gasteiger partial charge in [0.05, 0.1) is 0 Å². The van der Waals surface area contributed by atoms with Gasteiger partial charge < -0.3 is 10.2 Å². The van der Waals surface area contributed by atoms with Crippen LogP contribution in [0.3, 0.4) is 0 Å². The van der Waals surface area contributed by atoms with Crippen LogP contribution in [0.4, 0.5) is 0 Å². The number of thioether (sulfide) groups is 1. The number of aliphatic hydroxyl groups is 2. The van der Waals surface area contributed by atoms with Gasteiger partial charge in [-0.05, 0) is 65.6 Å². The standard InChI is InChI=1S/C19H20O2S2/c1-22-13-6-7-19-17(12-13)15(9-11-21)14(8-10-20)16-4-2-3-5-18(16)23-19/h2-7,12,20-21H,8-11H2,1H3. The predicted molar refractivity (Wildman–Crippen MR) is 99.0 cm³/mol. The normalized spacial score (nSPS) is 13.5. The molecule has 0 saturated carbocycles. The molecule has 0 atom stereocenters. The van der Waals surface area contributed by atoms with Gasteiger partial charge in [0.15, 0.2) is 0 Å². The van der Waals surface area contributed by atoms with Crippen LogP contribution in [-0.2, 0) is 0 Å². The first-order valence-corrected chi connectivity index (χ1v) is 9.72. The highest BCUT2D eigenvalue weighted by atomic mass is 32.2. The predicted octanol–water partition coefficient (Wildman–Crippen LogP) is 4.55. The van der Waals surface area contributed by atoms with E-state index in [9.17, 15) is 10.2 Å². The molecule has 2 N–H and O–H groups in total. The summed E-state index contributed by atoms with van der Waals surface area (Å²) < 4.78 is 0. The maximum Gasteiger partial charge on any atom is 0.0471 e. The van der Waals surface area contributed by atoms with Gasteiger partial charge in [-0.3, -0.25) is 0 Å². The molecule has 120 valence electrons. The fourth-order valence-electron chi connectivity index (χ4n) is 3.00. The van der Waals surface area contributed by atoms with Crippen LogP contribution in [0.5, 0.6) is 0 Å². The van der Waals surface area contributed by atoms with E-state index < -0.39 is 0 Å². The number of benzene rings is 2. The number of hydrogen-bond donors (Lipinski definition) is 2. The summed E-state index contributed by atoms with van der Waals surface area (Å²) in [6.45, 7) is 0.223. The van der Waals surface area contributed by atoms with Crippen molar-refractivity contribution in [1.29, 1.82) is 0 Å². The van der Waals surface area contributed by atoms with Gasteiger partial charge in [0, 0.05) is 27.9 Å². The van der Waals surface area contributed by atoms with Gasteiger partial charge in [0.2, 0.25) is 0 Å². The molecule has 0 amide bonds. The second kappa shape index (κ2) is 7.58. The Balaban J connectivity index is 2.28. The number of hydrogen-bond acceptors (Lipinski definition) is 4. The molecule has 0 aliphatic carbocycles. The van der Waals surface area contributed by atoms with Crippen LogP contribution < -0.4 is 0 Å². The third-order valence-electron chi connectivity index (χ3n) is 4.03. The lowest BCUT2D eigenvalue weighted by molar-refractivity contribution is 0.301. The lowest BCUT2D eigenvalue weighted by atomic mass is 9.91. The molecule has 2 aromatic rings. The highest BCUT2D eigenvalue weighted by molar-refractivity contribution is 7.99. The average molecular weight is 345 g/mol. The van der Waals surface area contributed by atoms with Gasteiger partial charge >= 0.3 is 0 Å². The first kappa shape index (κ1) is 16.7. The molecule has 4 heteroatoms. The molecule has 2 nitrogen and oxygen atoms in total. The molecule has 0 aromatic heterocycles. The van der Waals surface area contributed by atoms with Crippen molar-refractivity contribution in [2.45, 2.75) is 27.5 Å². The molecule has 0 saturated heterocycles. The summed E-state index contributed by atoms with van der Waals surface area (Å²) in [5, 5.41) is 19.2. The van der Waals surface area contributed by atoms with E-state index in [1.165, 1.54) is 25.8 Å². The molecule has 1 aliphatic heterocycles. The van der Waals surface area contributed by atoms with Gasteiger partial charge in [-0.2, -0.15) is 0 Å². The fourth-order valence-corrected chi connectivity index (χ4v) is 4.56. The van der Waals surface area contributed by atoms with E-state index in [2.05, 4.69) is 42.7 Å². The Morgan fingerprint density at radius 2 is 1.52 bits per heavy atom. The average Bonchev–Trinajstić information content (AvgIpc) is 2.71.